The summed E-state index contributed by atoms with van der Waals surface area (Å²) in [6.07, 6.45) is -2.67. The van der Waals surface area contributed by atoms with E-state index in [0.29, 0.717) is 17.8 Å². The highest BCUT2D eigenvalue weighted by Gasteiger charge is 2.31. The van der Waals surface area contributed by atoms with E-state index < -0.39 is 11.7 Å². The molecule has 5 rings (SSSR count). The summed E-state index contributed by atoms with van der Waals surface area (Å²) < 4.78 is 46.5. The van der Waals surface area contributed by atoms with Gasteiger partial charge in [0.1, 0.15) is 0 Å². The number of likely N-dealkylation sites (tertiary alicyclic amines) is 1. The van der Waals surface area contributed by atoms with Crippen LogP contribution in [0.1, 0.15) is 29.3 Å². The molecule has 0 radical (unpaired) electrons. The molecule has 2 aromatic heterocycles. The summed E-state index contributed by atoms with van der Waals surface area (Å²) in [7, 11) is 0. The van der Waals surface area contributed by atoms with Crippen molar-refractivity contribution in [3.63, 3.8) is 0 Å². The van der Waals surface area contributed by atoms with Crippen molar-refractivity contribution in [2.45, 2.75) is 31.6 Å². The molecule has 0 N–H and O–H groups in total. The largest absolute Gasteiger partial charge is 0.421 e. The number of oxazole rings is 1. The summed E-state index contributed by atoms with van der Waals surface area (Å²) in [4.78, 5) is 18.9. The molecule has 0 bridgehead atoms. The molecule has 0 atom stereocenters. The van der Waals surface area contributed by atoms with Crippen LogP contribution in [-0.4, -0.2) is 27.5 Å². The maximum Gasteiger partial charge on any atom is 0.421 e. The summed E-state index contributed by atoms with van der Waals surface area (Å²) >= 11 is 1.47. The number of benzene rings is 2. The molecule has 156 valence electrons. The van der Waals surface area contributed by atoms with Crippen molar-refractivity contribution in [1.29, 1.82) is 0 Å². The SMILES string of the molecule is O=c1oc2ccccc2n1CN1CCC(c2nc3cc(C(F)(F)F)ccc3s2)CC1. The molecule has 1 aliphatic heterocycles. The molecule has 30 heavy (non-hydrogen) atoms. The van der Waals surface area contributed by atoms with Gasteiger partial charge in [-0.3, -0.25) is 9.47 Å². The predicted octanol–water partition coefficient (Wildman–Crippen LogP) is 5.06. The molecule has 5 nitrogen and oxygen atoms in total. The first kappa shape index (κ1) is 19.3. The van der Waals surface area contributed by atoms with Gasteiger partial charge in [0.25, 0.3) is 0 Å². The zero-order chi connectivity index (χ0) is 20.9. The molecule has 1 aliphatic rings. The van der Waals surface area contributed by atoms with Crippen LogP contribution in [0.5, 0.6) is 0 Å². The number of alkyl halides is 3. The molecule has 3 heterocycles. The maximum atomic E-state index is 12.9. The van der Waals surface area contributed by atoms with Gasteiger partial charge in [-0.25, -0.2) is 9.78 Å². The van der Waals surface area contributed by atoms with E-state index in [-0.39, 0.29) is 11.7 Å². The van der Waals surface area contributed by atoms with Crippen molar-refractivity contribution in [2.75, 3.05) is 13.1 Å². The van der Waals surface area contributed by atoms with E-state index in [9.17, 15) is 18.0 Å². The van der Waals surface area contributed by atoms with Crippen molar-refractivity contribution >= 4 is 32.7 Å². The Balaban J connectivity index is 1.30. The first-order valence-corrected chi connectivity index (χ1v) is 10.5. The number of hydrogen-bond acceptors (Lipinski definition) is 5. The maximum absolute atomic E-state index is 12.9. The van der Waals surface area contributed by atoms with Crippen molar-refractivity contribution in [1.82, 2.24) is 14.5 Å². The van der Waals surface area contributed by atoms with E-state index in [0.717, 1.165) is 53.3 Å². The summed E-state index contributed by atoms with van der Waals surface area (Å²) in [5.41, 5.74) is 1.09. The lowest BCUT2D eigenvalue weighted by molar-refractivity contribution is -0.137. The predicted molar refractivity (Wildman–Crippen MR) is 109 cm³/mol. The van der Waals surface area contributed by atoms with Gasteiger partial charge in [-0.15, -0.1) is 11.3 Å². The van der Waals surface area contributed by atoms with Gasteiger partial charge in [0.15, 0.2) is 5.58 Å². The number of rotatable bonds is 3. The summed E-state index contributed by atoms with van der Waals surface area (Å²) in [5.74, 6) is -0.157. The van der Waals surface area contributed by atoms with Crippen LogP contribution in [0.25, 0.3) is 21.3 Å². The van der Waals surface area contributed by atoms with Crippen LogP contribution in [-0.2, 0) is 12.8 Å². The fourth-order valence-corrected chi connectivity index (χ4v) is 5.08. The number of thiazole rings is 1. The lowest BCUT2D eigenvalue weighted by Gasteiger charge is -2.30. The van der Waals surface area contributed by atoms with Crippen molar-refractivity contribution in [2.24, 2.45) is 0 Å². The number of halogens is 3. The van der Waals surface area contributed by atoms with E-state index in [1.165, 1.54) is 17.4 Å². The van der Waals surface area contributed by atoms with Crippen LogP contribution in [0.15, 0.2) is 51.7 Å². The van der Waals surface area contributed by atoms with E-state index >= 15 is 0 Å². The highest BCUT2D eigenvalue weighted by Crippen LogP contribution is 2.37. The van der Waals surface area contributed by atoms with Crippen LogP contribution in [0.2, 0.25) is 0 Å². The molecule has 1 fully saturated rings. The topological polar surface area (TPSA) is 51.3 Å². The van der Waals surface area contributed by atoms with Crippen molar-refractivity contribution in [3.05, 3.63) is 63.6 Å². The Morgan fingerprint density at radius 1 is 1.13 bits per heavy atom. The van der Waals surface area contributed by atoms with Gasteiger partial charge in [0.2, 0.25) is 0 Å². The molecule has 0 amide bonds. The van der Waals surface area contributed by atoms with Gasteiger partial charge < -0.3 is 4.42 Å². The second-order valence-electron chi connectivity index (χ2n) is 7.53. The molecule has 2 aromatic carbocycles. The van der Waals surface area contributed by atoms with Gasteiger partial charge >= 0.3 is 11.9 Å². The molecular formula is C21H18F3N3O2S. The zero-order valence-electron chi connectivity index (χ0n) is 15.9. The quantitative estimate of drug-likeness (QED) is 0.453. The summed E-state index contributed by atoms with van der Waals surface area (Å²) in [6.45, 7) is 2.01. The minimum absolute atomic E-state index is 0.214. The first-order chi connectivity index (χ1) is 14.4. The van der Waals surface area contributed by atoms with Crippen molar-refractivity contribution in [3.8, 4) is 0 Å². The Morgan fingerprint density at radius 2 is 1.90 bits per heavy atom. The Labute approximate surface area is 173 Å². The smallest absolute Gasteiger partial charge is 0.408 e. The average Bonchev–Trinajstić information content (AvgIpc) is 3.28. The van der Waals surface area contributed by atoms with E-state index in [4.69, 9.17) is 4.42 Å². The molecule has 0 aliphatic carbocycles. The second kappa shape index (κ2) is 7.24. The zero-order valence-corrected chi connectivity index (χ0v) is 16.7. The molecule has 4 aromatic rings. The third-order valence-corrected chi connectivity index (χ3v) is 6.78. The molecule has 0 spiro atoms. The molecule has 0 unspecified atom stereocenters. The minimum Gasteiger partial charge on any atom is -0.408 e. The Kier molecular flexibility index (Phi) is 4.67. The van der Waals surface area contributed by atoms with E-state index in [1.54, 1.807) is 10.6 Å². The van der Waals surface area contributed by atoms with Crippen LogP contribution >= 0.6 is 11.3 Å². The lowest BCUT2D eigenvalue weighted by Crippen LogP contribution is -2.36. The fourth-order valence-electron chi connectivity index (χ4n) is 3.97. The van der Waals surface area contributed by atoms with E-state index in [2.05, 4.69) is 9.88 Å². The Morgan fingerprint density at radius 3 is 2.67 bits per heavy atom. The monoisotopic (exact) mass is 433 g/mol. The number of fused-ring (bicyclic) bond motifs is 2. The minimum atomic E-state index is -4.36. The Hall–Kier alpha value is -2.65. The second-order valence-corrected chi connectivity index (χ2v) is 8.59. The lowest BCUT2D eigenvalue weighted by atomic mass is 9.98. The normalized spacial score (nSPS) is 16.6. The Bertz CT molecular complexity index is 1270. The molecule has 9 heteroatoms. The average molecular weight is 433 g/mol. The van der Waals surface area contributed by atoms with E-state index in [1.807, 2.05) is 18.2 Å². The number of para-hydroxylation sites is 2. The third kappa shape index (κ3) is 3.52. The van der Waals surface area contributed by atoms with Crippen molar-refractivity contribution < 1.29 is 17.6 Å². The van der Waals surface area contributed by atoms with Gasteiger partial charge in [-0.05, 0) is 43.2 Å². The number of nitrogens with zero attached hydrogens (tertiary/aromatic N) is 3. The van der Waals surface area contributed by atoms with Gasteiger partial charge in [-0.1, -0.05) is 12.1 Å². The van der Waals surface area contributed by atoms with Crippen LogP contribution < -0.4 is 5.76 Å². The number of hydrogen-bond donors (Lipinski definition) is 0. The summed E-state index contributed by atoms with van der Waals surface area (Å²) in [5, 5.41) is 0.884. The molecular weight excluding hydrogens is 415 g/mol. The molecule has 0 saturated carbocycles. The van der Waals surface area contributed by atoms with Crippen LogP contribution in [0.3, 0.4) is 0 Å². The number of piperidine rings is 1. The van der Waals surface area contributed by atoms with Gasteiger partial charge in [0.05, 0.1) is 33.0 Å². The standard InChI is InChI=1S/C21H18F3N3O2S/c22-21(23,24)14-5-6-18-15(11-14)25-19(30-18)13-7-9-26(10-8-13)12-27-16-3-1-2-4-17(16)29-20(27)28/h1-6,11,13H,7-10,12H2. The fraction of sp³-hybridized carbons (Fsp3) is 0.333. The molecule has 1 saturated heterocycles. The number of aromatic nitrogens is 2. The first-order valence-electron chi connectivity index (χ1n) is 9.67. The van der Waals surface area contributed by atoms with Gasteiger partial charge in [0, 0.05) is 19.0 Å². The van der Waals surface area contributed by atoms with Crippen LogP contribution in [0.4, 0.5) is 13.2 Å². The summed E-state index contributed by atoms with van der Waals surface area (Å²) in [6, 6.07) is 11.1. The highest BCUT2D eigenvalue weighted by atomic mass is 32.1. The third-order valence-electron chi connectivity index (χ3n) is 5.58. The van der Waals surface area contributed by atoms with Gasteiger partial charge in [-0.2, -0.15) is 13.2 Å². The highest BCUT2D eigenvalue weighted by molar-refractivity contribution is 7.18. The van der Waals surface area contributed by atoms with Crippen LogP contribution in [0, 0.1) is 0 Å².